The molecule has 126 valence electrons. The van der Waals surface area contributed by atoms with E-state index < -0.39 is 0 Å². The molecule has 1 aromatic heterocycles. The van der Waals surface area contributed by atoms with Gasteiger partial charge in [0.1, 0.15) is 6.61 Å². The molecule has 5 nitrogen and oxygen atoms in total. The van der Waals surface area contributed by atoms with Crippen molar-refractivity contribution in [3.63, 3.8) is 0 Å². The van der Waals surface area contributed by atoms with Crippen LogP contribution in [-0.2, 0) is 11.2 Å². The van der Waals surface area contributed by atoms with E-state index in [1.165, 1.54) is 32.5 Å². The molecule has 1 N–H and O–H groups in total. The summed E-state index contributed by atoms with van der Waals surface area (Å²) in [6.07, 6.45) is 5.21. The molecular formula is C19H23N3O2. The van der Waals surface area contributed by atoms with Gasteiger partial charge in [0.25, 0.3) is 0 Å². The minimum atomic E-state index is -0.281. The summed E-state index contributed by atoms with van der Waals surface area (Å²) in [5, 5.41) is 1.35. The first-order chi connectivity index (χ1) is 11.5. The topological polar surface area (TPSA) is 48.6 Å². The van der Waals surface area contributed by atoms with E-state index in [1.54, 1.807) is 14.1 Å². The number of carbonyl (C=O) groups excluding carboxylic acids is 1. The molecule has 0 spiro atoms. The minimum absolute atomic E-state index is 0.223. The molecule has 0 fully saturated rings. The third-order valence-electron chi connectivity index (χ3n) is 5.13. The van der Waals surface area contributed by atoms with Crippen LogP contribution in [-0.4, -0.2) is 61.2 Å². The smallest absolute Gasteiger partial charge is 0.409 e. The number of aromatic nitrogens is 1. The zero-order valence-corrected chi connectivity index (χ0v) is 14.4. The Morgan fingerprint density at radius 3 is 3.04 bits per heavy atom. The van der Waals surface area contributed by atoms with Gasteiger partial charge < -0.3 is 14.6 Å². The number of nitrogens with zero attached hydrogens (tertiary/aromatic N) is 2. The van der Waals surface area contributed by atoms with Crippen LogP contribution >= 0.6 is 0 Å². The average Bonchev–Trinajstić information content (AvgIpc) is 2.98. The third-order valence-corrected chi connectivity index (χ3v) is 5.13. The van der Waals surface area contributed by atoms with Crippen LogP contribution in [0.5, 0.6) is 0 Å². The van der Waals surface area contributed by atoms with Gasteiger partial charge in [0.15, 0.2) is 0 Å². The Balaban J connectivity index is 1.67. The van der Waals surface area contributed by atoms with Crippen molar-refractivity contribution in [2.45, 2.75) is 12.5 Å². The highest BCUT2D eigenvalue weighted by molar-refractivity contribution is 5.98. The molecule has 4 rings (SSSR count). The van der Waals surface area contributed by atoms with Gasteiger partial charge in [-0.1, -0.05) is 18.2 Å². The zero-order chi connectivity index (χ0) is 16.8. The summed E-state index contributed by atoms with van der Waals surface area (Å²) in [6, 6.07) is 6.85. The second-order valence-corrected chi connectivity index (χ2v) is 7.05. The molecule has 1 aromatic carbocycles. The maximum atomic E-state index is 11.7. The lowest BCUT2D eigenvalue weighted by atomic mass is 9.80. The Labute approximate surface area is 141 Å². The number of nitrogens with one attached hydrogen (secondary N) is 1. The van der Waals surface area contributed by atoms with Crippen molar-refractivity contribution in [3.05, 3.63) is 41.6 Å². The SMILES string of the molecule is CN(C)C(=O)OCC1C=C2c3cccc4[nH]cc(c34)C[C@@H]2N(C)C1. The number of H-pyrrole nitrogens is 1. The minimum Gasteiger partial charge on any atom is -0.449 e. The van der Waals surface area contributed by atoms with Gasteiger partial charge in [0, 0.05) is 49.7 Å². The second kappa shape index (κ2) is 5.67. The lowest BCUT2D eigenvalue weighted by Gasteiger charge is -2.39. The Hall–Kier alpha value is -2.27. The summed E-state index contributed by atoms with van der Waals surface area (Å²) in [4.78, 5) is 18.9. The quantitative estimate of drug-likeness (QED) is 0.923. The van der Waals surface area contributed by atoms with E-state index in [-0.39, 0.29) is 12.0 Å². The first-order valence-electron chi connectivity index (χ1n) is 8.40. The Kier molecular flexibility index (Phi) is 3.61. The van der Waals surface area contributed by atoms with E-state index in [0.29, 0.717) is 12.6 Å². The average molecular weight is 325 g/mol. The van der Waals surface area contributed by atoms with E-state index in [2.05, 4.69) is 47.4 Å². The van der Waals surface area contributed by atoms with Crippen molar-refractivity contribution in [3.8, 4) is 0 Å². The number of fused-ring (bicyclic) bond motifs is 2. The number of likely N-dealkylation sites (N-methyl/N-ethyl adjacent to an activating group) is 1. The highest BCUT2D eigenvalue weighted by atomic mass is 16.6. The summed E-state index contributed by atoms with van der Waals surface area (Å²) in [5.74, 6) is 0.223. The Morgan fingerprint density at radius 1 is 1.42 bits per heavy atom. The molecule has 0 bridgehead atoms. The van der Waals surface area contributed by atoms with Gasteiger partial charge in [0.05, 0.1) is 0 Å². The largest absolute Gasteiger partial charge is 0.449 e. The standard InChI is InChI=1S/C19H23N3O2/c1-21(2)19(23)24-11-12-7-15-14-5-4-6-16-18(14)13(9-20-16)8-17(15)22(3)10-12/h4-7,9,12,17,20H,8,10-11H2,1-3H3/t12?,17-/m0/s1. The highest BCUT2D eigenvalue weighted by Crippen LogP contribution is 2.40. The molecule has 1 aliphatic heterocycles. The Morgan fingerprint density at radius 2 is 2.25 bits per heavy atom. The summed E-state index contributed by atoms with van der Waals surface area (Å²) >= 11 is 0. The number of hydrogen-bond acceptors (Lipinski definition) is 3. The summed E-state index contributed by atoms with van der Waals surface area (Å²) in [5.41, 5.74) is 5.28. The molecule has 1 amide bonds. The van der Waals surface area contributed by atoms with Gasteiger partial charge in [-0.05, 0) is 36.2 Å². The van der Waals surface area contributed by atoms with Crippen molar-refractivity contribution >= 4 is 22.6 Å². The van der Waals surface area contributed by atoms with E-state index in [1.807, 2.05) is 0 Å². The fraction of sp³-hybridized carbons (Fsp3) is 0.421. The van der Waals surface area contributed by atoms with E-state index in [4.69, 9.17) is 4.74 Å². The molecule has 2 aliphatic rings. The van der Waals surface area contributed by atoms with Crippen LogP contribution in [0.15, 0.2) is 30.5 Å². The van der Waals surface area contributed by atoms with Crippen LogP contribution in [0.1, 0.15) is 11.1 Å². The third kappa shape index (κ3) is 2.40. The van der Waals surface area contributed by atoms with Gasteiger partial charge >= 0.3 is 6.09 Å². The highest BCUT2D eigenvalue weighted by Gasteiger charge is 2.33. The molecule has 5 heteroatoms. The van der Waals surface area contributed by atoms with Crippen molar-refractivity contribution < 1.29 is 9.53 Å². The first-order valence-corrected chi connectivity index (χ1v) is 8.40. The second-order valence-electron chi connectivity index (χ2n) is 7.05. The number of amides is 1. The number of rotatable bonds is 2. The molecule has 1 aliphatic carbocycles. The molecule has 1 unspecified atom stereocenters. The molecular weight excluding hydrogens is 302 g/mol. The monoisotopic (exact) mass is 325 g/mol. The number of benzene rings is 1. The van der Waals surface area contributed by atoms with Crippen molar-refractivity contribution in [1.82, 2.24) is 14.8 Å². The van der Waals surface area contributed by atoms with Crippen LogP contribution in [0, 0.1) is 5.92 Å². The number of ether oxygens (including phenoxy) is 1. The van der Waals surface area contributed by atoms with Crippen LogP contribution in [0.4, 0.5) is 4.79 Å². The summed E-state index contributed by atoms with van der Waals surface area (Å²) in [7, 11) is 5.58. The maximum Gasteiger partial charge on any atom is 0.409 e. The summed E-state index contributed by atoms with van der Waals surface area (Å²) in [6.45, 7) is 1.33. The molecule has 2 aromatic rings. The van der Waals surface area contributed by atoms with Crippen LogP contribution in [0.3, 0.4) is 0 Å². The van der Waals surface area contributed by atoms with Crippen molar-refractivity contribution in [2.24, 2.45) is 5.92 Å². The van der Waals surface area contributed by atoms with Gasteiger partial charge in [-0.2, -0.15) is 0 Å². The van der Waals surface area contributed by atoms with Crippen LogP contribution in [0.2, 0.25) is 0 Å². The number of carbonyl (C=O) groups is 1. The van der Waals surface area contributed by atoms with Crippen LogP contribution in [0.25, 0.3) is 16.5 Å². The molecule has 24 heavy (non-hydrogen) atoms. The fourth-order valence-corrected chi connectivity index (χ4v) is 3.96. The predicted octanol–water partition coefficient (Wildman–Crippen LogP) is 2.74. The van der Waals surface area contributed by atoms with Crippen molar-refractivity contribution in [2.75, 3.05) is 34.3 Å². The number of aromatic amines is 1. The van der Waals surface area contributed by atoms with Crippen LogP contribution < -0.4 is 0 Å². The number of hydrogen-bond donors (Lipinski definition) is 1. The predicted molar refractivity (Wildman–Crippen MR) is 94.9 cm³/mol. The molecule has 0 saturated heterocycles. The molecule has 2 heterocycles. The summed E-state index contributed by atoms with van der Waals surface area (Å²) < 4.78 is 5.41. The lowest BCUT2D eigenvalue weighted by molar-refractivity contribution is 0.0978. The normalized spacial score (nSPS) is 22.9. The fourth-order valence-electron chi connectivity index (χ4n) is 3.96. The molecule has 0 radical (unpaired) electrons. The van der Waals surface area contributed by atoms with Crippen molar-refractivity contribution in [1.29, 1.82) is 0 Å². The van der Waals surface area contributed by atoms with Gasteiger partial charge in [0.2, 0.25) is 0 Å². The Bertz CT molecular complexity index is 821. The van der Waals surface area contributed by atoms with Gasteiger partial charge in [-0.25, -0.2) is 4.79 Å². The maximum absolute atomic E-state index is 11.7. The molecule has 2 atom stereocenters. The van der Waals surface area contributed by atoms with E-state index in [9.17, 15) is 4.79 Å². The van der Waals surface area contributed by atoms with Gasteiger partial charge in [-0.3, -0.25) is 4.90 Å². The molecule has 0 saturated carbocycles. The van der Waals surface area contributed by atoms with E-state index in [0.717, 1.165) is 13.0 Å². The zero-order valence-electron chi connectivity index (χ0n) is 14.4. The first kappa shape index (κ1) is 15.3. The van der Waals surface area contributed by atoms with E-state index >= 15 is 0 Å². The van der Waals surface area contributed by atoms with Gasteiger partial charge in [-0.15, -0.1) is 0 Å². The lowest BCUT2D eigenvalue weighted by Crippen LogP contribution is -2.43.